The predicted octanol–water partition coefficient (Wildman–Crippen LogP) is 4.15. The van der Waals surface area contributed by atoms with Crippen molar-refractivity contribution in [1.29, 1.82) is 0 Å². The number of hydrogen-bond donors (Lipinski definition) is 1. The Morgan fingerprint density at radius 2 is 1.80 bits per heavy atom. The highest BCUT2D eigenvalue weighted by Gasteiger charge is 2.18. The quantitative estimate of drug-likeness (QED) is 0.672. The summed E-state index contributed by atoms with van der Waals surface area (Å²) in [4.78, 5) is 17.4. The van der Waals surface area contributed by atoms with Gasteiger partial charge in [0.1, 0.15) is 5.76 Å². The summed E-state index contributed by atoms with van der Waals surface area (Å²) in [5.74, 6) is 0.675. The topological polar surface area (TPSA) is 48.7 Å². The summed E-state index contributed by atoms with van der Waals surface area (Å²) >= 11 is 0. The molecule has 0 unspecified atom stereocenters. The molecule has 1 saturated heterocycles. The third-order valence-electron chi connectivity index (χ3n) is 5.83. The molecule has 0 spiro atoms. The SMILES string of the molecule is Cc1ccc(N2CCN(Cc3cccc(C(=O)NCc4ccco4)c3)CC2)cc1C. The van der Waals surface area contributed by atoms with Crippen LogP contribution in [0.25, 0.3) is 0 Å². The maximum atomic E-state index is 12.5. The zero-order valence-corrected chi connectivity index (χ0v) is 17.7. The molecule has 0 aliphatic carbocycles. The highest BCUT2D eigenvalue weighted by molar-refractivity contribution is 5.94. The van der Waals surface area contributed by atoms with E-state index in [0.29, 0.717) is 12.1 Å². The molecule has 30 heavy (non-hydrogen) atoms. The predicted molar refractivity (Wildman–Crippen MR) is 120 cm³/mol. The summed E-state index contributed by atoms with van der Waals surface area (Å²) in [6.45, 7) is 9.66. The number of amides is 1. The van der Waals surface area contributed by atoms with Gasteiger partial charge in [-0.2, -0.15) is 0 Å². The fraction of sp³-hybridized carbons (Fsp3) is 0.320. The summed E-state index contributed by atoms with van der Waals surface area (Å²) in [5.41, 5.74) is 5.85. The van der Waals surface area contributed by atoms with Crippen LogP contribution in [0.5, 0.6) is 0 Å². The average Bonchev–Trinajstić information content (AvgIpc) is 3.28. The van der Waals surface area contributed by atoms with E-state index in [2.05, 4.69) is 53.2 Å². The average molecular weight is 404 g/mol. The summed E-state index contributed by atoms with van der Waals surface area (Å²) < 4.78 is 5.27. The molecular formula is C25H29N3O2. The molecule has 1 N–H and O–H groups in total. The van der Waals surface area contributed by atoms with E-state index in [0.717, 1.165) is 38.5 Å². The Morgan fingerprint density at radius 3 is 2.53 bits per heavy atom. The zero-order chi connectivity index (χ0) is 20.9. The summed E-state index contributed by atoms with van der Waals surface area (Å²) in [7, 11) is 0. The van der Waals surface area contributed by atoms with E-state index in [4.69, 9.17) is 4.42 Å². The molecular weight excluding hydrogens is 374 g/mol. The van der Waals surface area contributed by atoms with Crippen LogP contribution in [0, 0.1) is 13.8 Å². The van der Waals surface area contributed by atoms with Crippen molar-refractivity contribution in [3.63, 3.8) is 0 Å². The largest absolute Gasteiger partial charge is 0.467 e. The van der Waals surface area contributed by atoms with Crippen molar-refractivity contribution in [3.05, 3.63) is 88.9 Å². The lowest BCUT2D eigenvalue weighted by Gasteiger charge is -2.36. The van der Waals surface area contributed by atoms with Gasteiger partial charge in [0.25, 0.3) is 5.91 Å². The number of piperazine rings is 1. The number of nitrogens with one attached hydrogen (secondary N) is 1. The van der Waals surface area contributed by atoms with Gasteiger partial charge < -0.3 is 14.6 Å². The third kappa shape index (κ3) is 4.92. The fourth-order valence-electron chi connectivity index (χ4n) is 3.84. The first-order valence-corrected chi connectivity index (χ1v) is 10.5. The van der Waals surface area contributed by atoms with Gasteiger partial charge in [-0.3, -0.25) is 9.69 Å². The van der Waals surface area contributed by atoms with Crippen molar-refractivity contribution < 1.29 is 9.21 Å². The first kappa shape index (κ1) is 20.2. The number of carbonyl (C=O) groups is 1. The van der Waals surface area contributed by atoms with Gasteiger partial charge in [-0.15, -0.1) is 0 Å². The highest BCUT2D eigenvalue weighted by Crippen LogP contribution is 2.21. The molecule has 1 amide bonds. The number of hydrogen-bond acceptors (Lipinski definition) is 4. The molecule has 5 heteroatoms. The fourth-order valence-corrected chi connectivity index (χ4v) is 3.84. The van der Waals surface area contributed by atoms with E-state index < -0.39 is 0 Å². The van der Waals surface area contributed by atoms with Crippen LogP contribution in [0.2, 0.25) is 0 Å². The molecule has 0 radical (unpaired) electrons. The first-order chi connectivity index (χ1) is 14.6. The van der Waals surface area contributed by atoms with E-state index in [1.54, 1.807) is 6.26 Å². The van der Waals surface area contributed by atoms with E-state index >= 15 is 0 Å². The first-order valence-electron chi connectivity index (χ1n) is 10.5. The molecule has 4 rings (SSSR count). The smallest absolute Gasteiger partial charge is 0.251 e. The standard InChI is InChI=1S/C25H29N3O2/c1-19-8-9-23(15-20(19)2)28-12-10-27(11-13-28)18-21-5-3-6-22(16-21)25(29)26-17-24-7-4-14-30-24/h3-9,14-16H,10-13,17-18H2,1-2H3,(H,26,29). The van der Waals surface area contributed by atoms with Gasteiger partial charge in [0.2, 0.25) is 0 Å². The van der Waals surface area contributed by atoms with E-state index in [1.807, 2.05) is 30.3 Å². The minimum atomic E-state index is -0.0761. The zero-order valence-electron chi connectivity index (χ0n) is 17.7. The van der Waals surface area contributed by atoms with Crippen LogP contribution in [0.1, 0.15) is 32.8 Å². The maximum absolute atomic E-state index is 12.5. The molecule has 156 valence electrons. The third-order valence-corrected chi connectivity index (χ3v) is 5.83. The number of rotatable bonds is 6. The molecule has 0 saturated carbocycles. The maximum Gasteiger partial charge on any atom is 0.251 e. The molecule has 0 bridgehead atoms. The van der Waals surface area contributed by atoms with Gasteiger partial charge in [0, 0.05) is 44.0 Å². The Labute approximate surface area is 178 Å². The van der Waals surface area contributed by atoms with Gasteiger partial charge >= 0.3 is 0 Å². The van der Waals surface area contributed by atoms with E-state index in [-0.39, 0.29) is 5.91 Å². The van der Waals surface area contributed by atoms with Crippen LogP contribution >= 0.6 is 0 Å². The highest BCUT2D eigenvalue weighted by atomic mass is 16.3. The van der Waals surface area contributed by atoms with Crippen LogP contribution in [0.15, 0.2) is 65.3 Å². The normalized spacial score (nSPS) is 14.7. The van der Waals surface area contributed by atoms with Gasteiger partial charge in [-0.05, 0) is 66.9 Å². The molecule has 2 heterocycles. The number of aryl methyl sites for hydroxylation is 2. The van der Waals surface area contributed by atoms with Gasteiger partial charge in [0.05, 0.1) is 12.8 Å². The van der Waals surface area contributed by atoms with E-state index in [1.165, 1.54) is 22.4 Å². The minimum Gasteiger partial charge on any atom is -0.467 e. The lowest BCUT2D eigenvalue weighted by Crippen LogP contribution is -2.46. The second-order valence-corrected chi connectivity index (χ2v) is 7.99. The van der Waals surface area contributed by atoms with Gasteiger partial charge in [0.15, 0.2) is 0 Å². The molecule has 1 aliphatic heterocycles. The van der Waals surface area contributed by atoms with Crippen molar-refractivity contribution in [2.45, 2.75) is 26.9 Å². The van der Waals surface area contributed by atoms with Crippen molar-refractivity contribution >= 4 is 11.6 Å². The summed E-state index contributed by atoms with van der Waals surface area (Å²) in [6.07, 6.45) is 1.61. The molecule has 1 aromatic heterocycles. The monoisotopic (exact) mass is 403 g/mol. The van der Waals surface area contributed by atoms with Crippen LogP contribution in [-0.2, 0) is 13.1 Å². The lowest BCUT2D eigenvalue weighted by atomic mass is 10.1. The molecule has 0 atom stereocenters. The van der Waals surface area contributed by atoms with Crippen molar-refractivity contribution in [1.82, 2.24) is 10.2 Å². The van der Waals surface area contributed by atoms with Crippen LogP contribution < -0.4 is 10.2 Å². The van der Waals surface area contributed by atoms with Gasteiger partial charge in [-0.1, -0.05) is 18.2 Å². The number of anilines is 1. The number of furan rings is 1. The Kier molecular flexibility index (Phi) is 6.19. The molecule has 3 aromatic rings. The molecule has 2 aromatic carbocycles. The molecule has 1 aliphatic rings. The minimum absolute atomic E-state index is 0.0761. The van der Waals surface area contributed by atoms with E-state index in [9.17, 15) is 4.79 Å². The number of carbonyl (C=O) groups excluding carboxylic acids is 1. The van der Waals surface area contributed by atoms with Gasteiger partial charge in [-0.25, -0.2) is 0 Å². The summed E-state index contributed by atoms with van der Waals surface area (Å²) in [5, 5.41) is 2.91. The Bertz CT molecular complexity index is 989. The Hall–Kier alpha value is -3.05. The molecule has 1 fully saturated rings. The van der Waals surface area contributed by atoms with Crippen molar-refractivity contribution in [2.75, 3.05) is 31.1 Å². The van der Waals surface area contributed by atoms with Crippen LogP contribution in [0.4, 0.5) is 5.69 Å². The van der Waals surface area contributed by atoms with Crippen LogP contribution in [0.3, 0.4) is 0 Å². The number of nitrogens with zero attached hydrogens (tertiary/aromatic N) is 2. The number of benzene rings is 2. The van der Waals surface area contributed by atoms with Crippen molar-refractivity contribution in [2.24, 2.45) is 0 Å². The second-order valence-electron chi connectivity index (χ2n) is 7.99. The summed E-state index contributed by atoms with van der Waals surface area (Å²) in [6, 6.07) is 18.3. The Morgan fingerprint density at radius 1 is 0.967 bits per heavy atom. The lowest BCUT2D eigenvalue weighted by molar-refractivity contribution is 0.0948. The Balaban J connectivity index is 1.31. The van der Waals surface area contributed by atoms with Crippen molar-refractivity contribution in [3.8, 4) is 0 Å². The van der Waals surface area contributed by atoms with Crippen LogP contribution in [-0.4, -0.2) is 37.0 Å². The second kappa shape index (κ2) is 9.18. The molecule has 5 nitrogen and oxygen atoms in total.